The van der Waals surface area contributed by atoms with Gasteiger partial charge in [-0.05, 0) is 18.1 Å². The SMILES string of the molecule is CCc1ccccc1OCC(=O)N1NC(=O)CCC1=O. The van der Waals surface area contributed by atoms with E-state index in [1.165, 1.54) is 0 Å². The molecule has 0 atom stereocenters. The van der Waals surface area contributed by atoms with E-state index in [2.05, 4.69) is 5.43 Å². The van der Waals surface area contributed by atoms with Crippen LogP contribution in [-0.2, 0) is 20.8 Å². The maximum absolute atomic E-state index is 11.9. The number of imide groups is 1. The lowest BCUT2D eigenvalue weighted by Crippen LogP contribution is -2.54. The highest BCUT2D eigenvalue weighted by Gasteiger charge is 2.28. The maximum Gasteiger partial charge on any atom is 0.286 e. The summed E-state index contributed by atoms with van der Waals surface area (Å²) in [6.45, 7) is 1.70. The van der Waals surface area contributed by atoms with Crippen molar-refractivity contribution < 1.29 is 19.1 Å². The molecule has 2 rings (SSSR count). The van der Waals surface area contributed by atoms with Crippen molar-refractivity contribution in [1.82, 2.24) is 10.4 Å². The first kappa shape index (κ1) is 14.0. The Bertz CT molecular complexity index is 542. The molecule has 0 aliphatic carbocycles. The number of hydrazine groups is 1. The van der Waals surface area contributed by atoms with Crippen LogP contribution >= 0.6 is 0 Å². The first-order chi connectivity index (χ1) is 9.61. The number of hydrogen-bond acceptors (Lipinski definition) is 4. The molecular weight excluding hydrogens is 260 g/mol. The minimum absolute atomic E-state index is 0.0448. The fraction of sp³-hybridized carbons (Fsp3) is 0.357. The lowest BCUT2D eigenvalue weighted by atomic mass is 10.1. The van der Waals surface area contributed by atoms with Gasteiger partial charge in [0.25, 0.3) is 5.91 Å². The molecule has 20 heavy (non-hydrogen) atoms. The molecule has 0 unspecified atom stereocenters. The van der Waals surface area contributed by atoms with Crippen LogP contribution in [0.2, 0.25) is 0 Å². The van der Waals surface area contributed by atoms with Crippen LogP contribution in [0, 0.1) is 0 Å². The predicted molar refractivity (Wildman–Crippen MR) is 70.5 cm³/mol. The topological polar surface area (TPSA) is 75.7 Å². The Balaban J connectivity index is 1.98. The average Bonchev–Trinajstić information content (AvgIpc) is 2.47. The predicted octanol–water partition coefficient (Wildman–Crippen LogP) is 0.808. The largest absolute Gasteiger partial charge is 0.483 e. The van der Waals surface area contributed by atoms with Gasteiger partial charge in [-0.15, -0.1) is 0 Å². The summed E-state index contributed by atoms with van der Waals surface area (Å²) in [6.07, 6.45) is 0.939. The molecule has 0 aromatic heterocycles. The van der Waals surface area contributed by atoms with Gasteiger partial charge in [-0.25, -0.2) is 0 Å². The van der Waals surface area contributed by atoms with Crippen LogP contribution in [0.15, 0.2) is 24.3 Å². The molecule has 0 spiro atoms. The number of nitrogens with zero attached hydrogens (tertiary/aromatic N) is 1. The van der Waals surface area contributed by atoms with Crippen LogP contribution in [0.4, 0.5) is 0 Å². The van der Waals surface area contributed by atoms with Gasteiger partial charge in [0.05, 0.1) is 0 Å². The number of para-hydroxylation sites is 1. The van der Waals surface area contributed by atoms with E-state index < -0.39 is 11.8 Å². The first-order valence-corrected chi connectivity index (χ1v) is 6.47. The maximum atomic E-state index is 11.9. The Labute approximate surface area is 116 Å². The summed E-state index contributed by atoms with van der Waals surface area (Å²) < 4.78 is 5.43. The Morgan fingerprint density at radius 3 is 2.80 bits per heavy atom. The Kier molecular flexibility index (Phi) is 4.34. The average molecular weight is 276 g/mol. The number of carbonyl (C=O) groups excluding carboxylic acids is 3. The number of aryl methyl sites for hydroxylation is 1. The van der Waals surface area contributed by atoms with Crippen molar-refractivity contribution in [2.75, 3.05) is 6.61 Å². The summed E-state index contributed by atoms with van der Waals surface area (Å²) in [5.41, 5.74) is 3.23. The fourth-order valence-electron chi connectivity index (χ4n) is 1.92. The molecule has 0 radical (unpaired) electrons. The van der Waals surface area contributed by atoms with Crippen molar-refractivity contribution in [2.45, 2.75) is 26.2 Å². The molecule has 6 nitrogen and oxygen atoms in total. The lowest BCUT2D eigenvalue weighted by Gasteiger charge is -2.25. The molecule has 1 aliphatic rings. The molecule has 1 saturated heterocycles. The standard InChI is InChI=1S/C14H16N2O4/c1-2-10-5-3-4-6-11(10)20-9-14(19)16-13(18)8-7-12(17)15-16/h3-6H,2,7-9H2,1H3,(H,15,17). The smallest absolute Gasteiger partial charge is 0.286 e. The molecular formula is C14H16N2O4. The van der Waals surface area contributed by atoms with Gasteiger partial charge in [-0.1, -0.05) is 25.1 Å². The quantitative estimate of drug-likeness (QED) is 0.883. The molecule has 3 amide bonds. The Hall–Kier alpha value is -2.37. The van der Waals surface area contributed by atoms with Gasteiger partial charge < -0.3 is 4.74 Å². The van der Waals surface area contributed by atoms with Crippen LogP contribution in [0.5, 0.6) is 5.75 Å². The molecule has 6 heteroatoms. The monoisotopic (exact) mass is 276 g/mol. The third kappa shape index (κ3) is 3.14. The zero-order chi connectivity index (χ0) is 14.5. The molecule has 1 N–H and O–H groups in total. The fourth-order valence-corrected chi connectivity index (χ4v) is 1.92. The van der Waals surface area contributed by atoms with Gasteiger partial charge in [-0.2, -0.15) is 5.01 Å². The Morgan fingerprint density at radius 2 is 2.05 bits per heavy atom. The number of amides is 3. The summed E-state index contributed by atoms with van der Waals surface area (Å²) in [6, 6.07) is 7.38. The highest BCUT2D eigenvalue weighted by molar-refractivity contribution is 6.01. The van der Waals surface area contributed by atoms with Gasteiger partial charge >= 0.3 is 0 Å². The lowest BCUT2D eigenvalue weighted by molar-refractivity contribution is -0.158. The van der Waals surface area contributed by atoms with Crippen LogP contribution < -0.4 is 10.2 Å². The minimum atomic E-state index is -0.575. The highest BCUT2D eigenvalue weighted by Crippen LogP contribution is 2.18. The van der Waals surface area contributed by atoms with Crippen LogP contribution in [0.3, 0.4) is 0 Å². The van der Waals surface area contributed by atoms with E-state index in [-0.39, 0.29) is 25.4 Å². The van der Waals surface area contributed by atoms with E-state index >= 15 is 0 Å². The minimum Gasteiger partial charge on any atom is -0.483 e. The van der Waals surface area contributed by atoms with Crippen LogP contribution in [-0.4, -0.2) is 29.3 Å². The van der Waals surface area contributed by atoms with E-state index in [0.29, 0.717) is 5.75 Å². The van der Waals surface area contributed by atoms with E-state index in [9.17, 15) is 14.4 Å². The summed E-state index contributed by atoms with van der Waals surface area (Å²) >= 11 is 0. The molecule has 106 valence electrons. The molecule has 1 fully saturated rings. The number of rotatable bonds is 4. The second kappa shape index (κ2) is 6.18. The van der Waals surface area contributed by atoms with E-state index in [0.717, 1.165) is 17.0 Å². The van der Waals surface area contributed by atoms with E-state index in [1.54, 1.807) is 6.07 Å². The van der Waals surface area contributed by atoms with Crippen molar-refractivity contribution >= 4 is 17.7 Å². The number of carbonyl (C=O) groups is 3. The second-order valence-corrected chi connectivity index (χ2v) is 4.41. The molecule has 1 heterocycles. The van der Waals surface area contributed by atoms with Gasteiger partial charge in [0, 0.05) is 12.8 Å². The van der Waals surface area contributed by atoms with Gasteiger partial charge in [0.2, 0.25) is 11.8 Å². The van der Waals surface area contributed by atoms with Crippen molar-refractivity contribution in [3.8, 4) is 5.75 Å². The number of hydrogen-bond donors (Lipinski definition) is 1. The number of ether oxygens (including phenoxy) is 1. The van der Waals surface area contributed by atoms with E-state index in [4.69, 9.17) is 4.74 Å². The third-order valence-corrected chi connectivity index (χ3v) is 3.01. The summed E-state index contributed by atoms with van der Waals surface area (Å²) in [7, 11) is 0. The normalized spacial score (nSPS) is 14.9. The van der Waals surface area contributed by atoms with Gasteiger partial charge in [-0.3, -0.25) is 19.8 Å². The zero-order valence-electron chi connectivity index (χ0n) is 11.2. The molecule has 1 aliphatic heterocycles. The molecule has 1 aromatic carbocycles. The van der Waals surface area contributed by atoms with E-state index in [1.807, 2.05) is 25.1 Å². The molecule has 0 saturated carbocycles. The third-order valence-electron chi connectivity index (χ3n) is 3.01. The first-order valence-electron chi connectivity index (χ1n) is 6.47. The summed E-state index contributed by atoms with van der Waals surface area (Å²) in [5.74, 6) is -0.720. The number of nitrogens with one attached hydrogen (secondary N) is 1. The van der Waals surface area contributed by atoms with Gasteiger partial charge in [0.1, 0.15) is 5.75 Å². The van der Waals surface area contributed by atoms with Crippen molar-refractivity contribution in [3.05, 3.63) is 29.8 Å². The van der Waals surface area contributed by atoms with Gasteiger partial charge in [0.15, 0.2) is 6.61 Å². The van der Waals surface area contributed by atoms with Crippen LogP contribution in [0.25, 0.3) is 0 Å². The van der Waals surface area contributed by atoms with Crippen molar-refractivity contribution in [2.24, 2.45) is 0 Å². The zero-order valence-corrected chi connectivity index (χ0v) is 11.2. The molecule has 0 bridgehead atoms. The van der Waals surface area contributed by atoms with Crippen molar-refractivity contribution in [3.63, 3.8) is 0 Å². The summed E-state index contributed by atoms with van der Waals surface area (Å²) in [5, 5.41) is 0.737. The second-order valence-electron chi connectivity index (χ2n) is 4.41. The number of benzene rings is 1. The molecule has 1 aromatic rings. The summed E-state index contributed by atoms with van der Waals surface area (Å²) in [4.78, 5) is 34.6. The Morgan fingerprint density at radius 1 is 1.30 bits per heavy atom. The van der Waals surface area contributed by atoms with Crippen LogP contribution in [0.1, 0.15) is 25.3 Å². The van der Waals surface area contributed by atoms with Crippen molar-refractivity contribution in [1.29, 1.82) is 0 Å². The highest BCUT2D eigenvalue weighted by atomic mass is 16.5.